The van der Waals surface area contributed by atoms with Crippen molar-refractivity contribution < 1.29 is 4.39 Å². The third-order valence-electron chi connectivity index (χ3n) is 10.0. The zero-order valence-corrected chi connectivity index (χ0v) is 21.8. The van der Waals surface area contributed by atoms with Gasteiger partial charge < -0.3 is 0 Å². The molecule has 0 heterocycles. The van der Waals surface area contributed by atoms with Crippen LogP contribution in [0.15, 0.2) is 18.2 Å². The van der Waals surface area contributed by atoms with Crippen molar-refractivity contribution >= 4 is 0 Å². The molecular weight excluding hydrogens is 403 g/mol. The molecule has 3 aliphatic carbocycles. The van der Waals surface area contributed by atoms with Crippen LogP contribution < -0.4 is 0 Å². The second-order valence-electron chi connectivity index (χ2n) is 12.2. The van der Waals surface area contributed by atoms with Gasteiger partial charge in [0.2, 0.25) is 0 Å². The molecular formula is C32H51F. The van der Waals surface area contributed by atoms with Crippen LogP contribution in [0.25, 0.3) is 0 Å². The molecule has 0 aliphatic heterocycles. The summed E-state index contributed by atoms with van der Waals surface area (Å²) in [4.78, 5) is 0. The van der Waals surface area contributed by atoms with Crippen LogP contribution in [-0.4, -0.2) is 0 Å². The van der Waals surface area contributed by atoms with Gasteiger partial charge in [-0.1, -0.05) is 77.3 Å². The molecule has 0 aromatic heterocycles. The first-order valence-electron chi connectivity index (χ1n) is 15.0. The maximum Gasteiger partial charge on any atom is 0.126 e. The average Bonchev–Trinajstić information content (AvgIpc) is 2.86. The van der Waals surface area contributed by atoms with Gasteiger partial charge in [0.1, 0.15) is 5.82 Å². The summed E-state index contributed by atoms with van der Waals surface area (Å²) in [5.41, 5.74) is 2.30. The van der Waals surface area contributed by atoms with Crippen LogP contribution in [0.1, 0.15) is 152 Å². The van der Waals surface area contributed by atoms with Crippen molar-refractivity contribution in [2.45, 2.75) is 141 Å². The molecule has 0 spiro atoms. The summed E-state index contributed by atoms with van der Waals surface area (Å²) >= 11 is 0. The van der Waals surface area contributed by atoms with Gasteiger partial charge in [-0.15, -0.1) is 0 Å². The molecule has 1 heteroatoms. The molecule has 0 amide bonds. The van der Waals surface area contributed by atoms with Crippen molar-refractivity contribution in [2.24, 2.45) is 23.7 Å². The third kappa shape index (κ3) is 6.85. The summed E-state index contributed by atoms with van der Waals surface area (Å²) in [6, 6.07) is 6.41. The summed E-state index contributed by atoms with van der Waals surface area (Å²) in [6.07, 6.45) is 24.5. The predicted molar refractivity (Wildman–Crippen MR) is 140 cm³/mol. The fourth-order valence-corrected chi connectivity index (χ4v) is 7.85. The Morgan fingerprint density at radius 3 is 1.82 bits per heavy atom. The SMILES string of the molecule is CCCCCC1CCC(c2ccc(C3CCC(C4CCC(CCC)CC4)CC3)cc2F)CC1. The van der Waals surface area contributed by atoms with Crippen molar-refractivity contribution in [1.82, 2.24) is 0 Å². The standard InChI is InChI=1S/C32H51F/c1-3-5-6-8-25-11-15-29(16-12-25)31-22-21-30(23-32(31)33)28-19-17-27(18-20-28)26-13-9-24(7-4-2)10-14-26/h21-29H,3-20H2,1-2H3. The van der Waals surface area contributed by atoms with E-state index in [1.165, 1.54) is 121 Å². The molecule has 33 heavy (non-hydrogen) atoms. The average molecular weight is 455 g/mol. The molecule has 0 unspecified atom stereocenters. The van der Waals surface area contributed by atoms with Crippen LogP contribution in [0.4, 0.5) is 4.39 Å². The monoisotopic (exact) mass is 454 g/mol. The van der Waals surface area contributed by atoms with Gasteiger partial charge in [-0.3, -0.25) is 0 Å². The first-order chi connectivity index (χ1) is 16.2. The Kier molecular flexibility index (Phi) is 9.75. The smallest absolute Gasteiger partial charge is 0.126 e. The van der Waals surface area contributed by atoms with Gasteiger partial charge in [0.15, 0.2) is 0 Å². The number of hydrogen-bond acceptors (Lipinski definition) is 0. The van der Waals surface area contributed by atoms with Gasteiger partial charge in [-0.2, -0.15) is 0 Å². The van der Waals surface area contributed by atoms with Crippen LogP contribution in [0.5, 0.6) is 0 Å². The lowest BCUT2D eigenvalue weighted by Crippen LogP contribution is -2.25. The van der Waals surface area contributed by atoms with Gasteiger partial charge in [0.05, 0.1) is 0 Å². The molecule has 4 rings (SSSR count). The normalized spacial score (nSPS) is 33.2. The second kappa shape index (κ2) is 12.7. The van der Waals surface area contributed by atoms with Gasteiger partial charge in [0, 0.05) is 0 Å². The molecule has 1 aromatic rings. The minimum absolute atomic E-state index is 0.0957. The van der Waals surface area contributed by atoms with Crippen molar-refractivity contribution in [3.8, 4) is 0 Å². The minimum Gasteiger partial charge on any atom is -0.207 e. The Bertz CT molecular complexity index is 684. The highest BCUT2D eigenvalue weighted by Gasteiger charge is 2.31. The highest BCUT2D eigenvalue weighted by Crippen LogP contribution is 2.45. The van der Waals surface area contributed by atoms with Gasteiger partial charge >= 0.3 is 0 Å². The molecule has 3 aliphatic rings. The van der Waals surface area contributed by atoms with E-state index in [-0.39, 0.29) is 5.82 Å². The second-order valence-corrected chi connectivity index (χ2v) is 12.2. The van der Waals surface area contributed by atoms with E-state index >= 15 is 4.39 Å². The molecule has 0 N–H and O–H groups in total. The van der Waals surface area contributed by atoms with Crippen LogP contribution >= 0.6 is 0 Å². The summed E-state index contributed by atoms with van der Waals surface area (Å²) in [7, 11) is 0. The molecule has 0 atom stereocenters. The Balaban J connectivity index is 1.24. The van der Waals surface area contributed by atoms with Crippen LogP contribution in [0, 0.1) is 29.5 Å². The zero-order valence-electron chi connectivity index (χ0n) is 21.8. The van der Waals surface area contributed by atoms with Crippen molar-refractivity contribution in [1.29, 1.82) is 0 Å². The lowest BCUT2D eigenvalue weighted by atomic mass is 9.68. The summed E-state index contributed by atoms with van der Waals surface area (Å²) in [5.74, 6) is 4.98. The fraction of sp³-hybridized carbons (Fsp3) is 0.812. The highest BCUT2D eigenvalue weighted by atomic mass is 19.1. The van der Waals surface area contributed by atoms with Crippen LogP contribution in [-0.2, 0) is 0 Å². The quantitative estimate of drug-likeness (QED) is 0.325. The van der Waals surface area contributed by atoms with E-state index in [2.05, 4.69) is 26.0 Å². The van der Waals surface area contributed by atoms with Gasteiger partial charge in [-0.05, 0) is 117 Å². The van der Waals surface area contributed by atoms with Crippen molar-refractivity contribution in [3.63, 3.8) is 0 Å². The van der Waals surface area contributed by atoms with Crippen molar-refractivity contribution in [3.05, 3.63) is 35.1 Å². The molecule has 0 bridgehead atoms. The Morgan fingerprint density at radius 1 is 0.636 bits per heavy atom. The number of hydrogen-bond donors (Lipinski definition) is 0. The molecule has 0 nitrogen and oxygen atoms in total. The Morgan fingerprint density at radius 2 is 1.21 bits per heavy atom. The summed E-state index contributed by atoms with van der Waals surface area (Å²) in [6.45, 7) is 4.62. The van der Waals surface area contributed by atoms with Crippen LogP contribution in [0.3, 0.4) is 0 Å². The van der Waals surface area contributed by atoms with Crippen LogP contribution in [0.2, 0.25) is 0 Å². The topological polar surface area (TPSA) is 0 Å². The first kappa shape index (κ1) is 25.2. The summed E-state index contributed by atoms with van der Waals surface area (Å²) < 4.78 is 15.2. The Labute approximate surface area is 204 Å². The maximum atomic E-state index is 15.2. The number of unbranched alkanes of at least 4 members (excludes halogenated alkanes) is 2. The van der Waals surface area contributed by atoms with Crippen molar-refractivity contribution in [2.75, 3.05) is 0 Å². The van der Waals surface area contributed by atoms with E-state index in [0.29, 0.717) is 11.8 Å². The predicted octanol–water partition coefficient (Wildman–Crippen LogP) is 10.6. The molecule has 3 fully saturated rings. The lowest BCUT2D eigenvalue weighted by Gasteiger charge is -2.38. The number of halogens is 1. The van der Waals surface area contributed by atoms with Gasteiger partial charge in [-0.25, -0.2) is 4.39 Å². The van der Waals surface area contributed by atoms with E-state index in [4.69, 9.17) is 0 Å². The molecule has 186 valence electrons. The van der Waals surface area contributed by atoms with E-state index in [1.807, 2.05) is 6.07 Å². The minimum atomic E-state index is 0.0957. The first-order valence-corrected chi connectivity index (χ1v) is 15.0. The van der Waals surface area contributed by atoms with E-state index in [0.717, 1.165) is 29.2 Å². The number of benzene rings is 1. The van der Waals surface area contributed by atoms with E-state index in [1.54, 1.807) is 0 Å². The maximum absolute atomic E-state index is 15.2. The molecule has 1 aromatic carbocycles. The third-order valence-corrected chi connectivity index (χ3v) is 10.0. The van der Waals surface area contributed by atoms with Gasteiger partial charge in [0.25, 0.3) is 0 Å². The summed E-state index contributed by atoms with van der Waals surface area (Å²) in [5, 5.41) is 0. The largest absolute Gasteiger partial charge is 0.207 e. The fourth-order valence-electron chi connectivity index (χ4n) is 7.85. The van der Waals surface area contributed by atoms with E-state index in [9.17, 15) is 0 Å². The zero-order chi connectivity index (χ0) is 23.0. The highest BCUT2D eigenvalue weighted by molar-refractivity contribution is 5.30. The van der Waals surface area contributed by atoms with E-state index < -0.39 is 0 Å². The Hall–Kier alpha value is -0.850. The number of rotatable bonds is 9. The molecule has 0 saturated heterocycles. The lowest BCUT2D eigenvalue weighted by molar-refractivity contribution is 0.156. The molecule has 0 radical (unpaired) electrons. The molecule has 3 saturated carbocycles.